The van der Waals surface area contributed by atoms with Gasteiger partial charge in [0, 0.05) is 4.47 Å². The van der Waals surface area contributed by atoms with E-state index in [1.807, 2.05) is 12.1 Å². The first-order valence-electron chi connectivity index (χ1n) is 4.65. The number of rotatable bonds is 2. The minimum atomic E-state index is -0.654. The maximum atomic E-state index is 10.6. The van der Waals surface area contributed by atoms with Gasteiger partial charge in [-0.1, -0.05) is 28.1 Å². The second-order valence-electron chi connectivity index (χ2n) is 3.76. The summed E-state index contributed by atoms with van der Waals surface area (Å²) >= 11 is 3.38. The van der Waals surface area contributed by atoms with Crippen LogP contribution >= 0.6 is 15.9 Å². The van der Waals surface area contributed by atoms with Crippen molar-refractivity contribution in [1.29, 1.82) is 0 Å². The smallest absolute Gasteiger partial charge is 0.306 e. The van der Waals surface area contributed by atoms with Crippen molar-refractivity contribution >= 4 is 21.9 Å². The monoisotopic (exact) mass is 254 g/mol. The fourth-order valence-corrected chi connectivity index (χ4v) is 2.09. The summed E-state index contributed by atoms with van der Waals surface area (Å²) in [6, 6.07) is 8.13. The molecule has 0 amide bonds. The lowest BCUT2D eigenvalue weighted by Gasteiger charge is -2.32. The molecule has 1 aromatic rings. The Morgan fingerprint density at radius 2 is 1.86 bits per heavy atom. The van der Waals surface area contributed by atoms with Crippen molar-refractivity contribution in [2.24, 2.45) is 5.92 Å². The van der Waals surface area contributed by atoms with Crippen molar-refractivity contribution in [2.45, 2.75) is 18.8 Å². The van der Waals surface area contributed by atoms with Crippen LogP contribution in [0.4, 0.5) is 0 Å². The van der Waals surface area contributed by atoms with E-state index in [1.54, 1.807) is 0 Å². The highest BCUT2D eigenvalue weighted by Gasteiger charge is 2.34. The first kappa shape index (κ1) is 9.71. The van der Waals surface area contributed by atoms with Crippen LogP contribution in [0.2, 0.25) is 0 Å². The third kappa shape index (κ3) is 1.82. The maximum absolute atomic E-state index is 10.6. The van der Waals surface area contributed by atoms with Crippen LogP contribution in [-0.4, -0.2) is 11.1 Å². The van der Waals surface area contributed by atoms with E-state index in [1.165, 1.54) is 5.56 Å². The van der Waals surface area contributed by atoms with E-state index in [9.17, 15) is 4.79 Å². The molecule has 0 heterocycles. The zero-order valence-electron chi connectivity index (χ0n) is 7.61. The molecule has 2 rings (SSSR count). The topological polar surface area (TPSA) is 37.3 Å². The number of carbonyl (C=O) groups is 1. The number of hydrogen-bond acceptors (Lipinski definition) is 1. The van der Waals surface area contributed by atoms with Crippen molar-refractivity contribution in [3.8, 4) is 0 Å². The molecule has 0 saturated heterocycles. The number of halogens is 1. The van der Waals surface area contributed by atoms with Crippen molar-refractivity contribution in [3.05, 3.63) is 34.3 Å². The van der Waals surface area contributed by atoms with Gasteiger partial charge in [0.2, 0.25) is 0 Å². The maximum Gasteiger partial charge on any atom is 0.306 e. The van der Waals surface area contributed by atoms with Gasteiger partial charge in [0.05, 0.1) is 5.92 Å². The molecule has 1 saturated carbocycles. The Labute approximate surface area is 91.1 Å². The molecule has 0 atom stereocenters. The standard InChI is InChI=1S/C11H11BrO2/c12-10-3-1-7(2-4-10)8-5-9(6-8)11(13)14/h1-4,8-9H,5-6H2,(H,13,14). The SMILES string of the molecule is O=C(O)C1CC(c2ccc(Br)cc2)C1. The average Bonchev–Trinajstić information content (AvgIpc) is 2.05. The highest BCUT2D eigenvalue weighted by molar-refractivity contribution is 9.10. The Hall–Kier alpha value is -0.830. The predicted molar refractivity (Wildman–Crippen MR) is 57.2 cm³/mol. The summed E-state index contributed by atoms with van der Waals surface area (Å²) in [5.74, 6) is -0.328. The average molecular weight is 255 g/mol. The number of hydrogen-bond donors (Lipinski definition) is 1. The van der Waals surface area contributed by atoms with Gasteiger partial charge < -0.3 is 5.11 Å². The van der Waals surface area contributed by atoms with Gasteiger partial charge in [-0.2, -0.15) is 0 Å². The normalized spacial score (nSPS) is 25.5. The minimum Gasteiger partial charge on any atom is -0.481 e. The van der Waals surface area contributed by atoms with Crippen LogP contribution in [0.5, 0.6) is 0 Å². The summed E-state index contributed by atoms with van der Waals surface area (Å²) in [4.78, 5) is 10.6. The summed E-state index contributed by atoms with van der Waals surface area (Å²) in [5.41, 5.74) is 1.26. The molecule has 1 aliphatic carbocycles. The van der Waals surface area contributed by atoms with Crippen molar-refractivity contribution in [1.82, 2.24) is 0 Å². The first-order valence-corrected chi connectivity index (χ1v) is 5.44. The molecule has 0 aromatic heterocycles. The summed E-state index contributed by atoms with van der Waals surface area (Å²) in [7, 11) is 0. The molecule has 1 N–H and O–H groups in total. The van der Waals surface area contributed by atoms with Crippen LogP contribution in [0.15, 0.2) is 28.7 Å². The zero-order chi connectivity index (χ0) is 10.1. The Balaban J connectivity index is 2.00. The molecule has 74 valence electrons. The van der Waals surface area contributed by atoms with Gasteiger partial charge in [0.25, 0.3) is 0 Å². The number of benzene rings is 1. The van der Waals surface area contributed by atoms with Crippen molar-refractivity contribution in [2.75, 3.05) is 0 Å². The van der Waals surface area contributed by atoms with Crippen LogP contribution in [0.1, 0.15) is 24.3 Å². The largest absolute Gasteiger partial charge is 0.481 e. The summed E-state index contributed by atoms with van der Waals surface area (Å²) in [6.45, 7) is 0. The van der Waals surface area contributed by atoms with E-state index < -0.39 is 5.97 Å². The lowest BCUT2D eigenvalue weighted by Crippen LogP contribution is -2.28. The molecule has 0 aliphatic heterocycles. The molecule has 1 aliphatic rings. The van der Waals surface area contributed by atoms with Gasteiger partial charge in [-0.05, 0) is 36.5 Å². The third-order valence-electron chi connectivity index (χ3n) is 2.83. The first-order chi connectivity index (χ1) is 6.66. The van der Waals surface area contributed by atoms with Gasteiger partial charge in [0.15, 0.2) is 0 Å². The van der Waals surface area contributed by atoms with E-state index in [2.05, 4.69) is 28.1 Å². The van der Waals surface area contributed by atoms with E-state index >= 15 is 0 Å². The number of carboxylic acids is 1. The molecule has 0 spiro atoms. The van der Waals surface area contributed by atoms with Crippen molar-refractivity contribution in [3.63, 3.8) is 0 Å². The van der Waals surface area contributed by atoms with Gasteiger partial charge in [-0.3, -0.25) is 4.79 Å². The van der Waals surface area contributed by atoms with E-state index in [0.29, 0.717) is 5.92 Å². The molecule has 14 heavy (non-hydrogen) atoms. The fourth-order valence-electron chi connectivity index (χ4n) is 1.83. The molecular formula is C11H11BrO2. The van der Waals surface area contributed by atoms with Crippen molar-refractivity contribution < 1.29 is 9.90 Å². The van der Waals surface area contributed by atoms with E-state index in [-0.39, 0.29) is 5.92 Å². The molecular weight excluding hydrogens is 244 g/mol. The Morgan fingerprint density at radius 1 is 1.29 bits per heavy atom. The lowest BCUT2D eigenvalue weighted by atomic mass is 9.71. The summed E-state index contributed by atoms with van der Waals surface area (Å²) in [6.07, 6.45) is 1.58. The van der Waals surface area contributed by atoms with E-state index in [4.69, 9.17) is 5.11 Å². The number of carboxylic acid groups (broad SMARTS) is 1. The van der Waals surface area contributed by atoms with Gasteiger partial charge in [0.1, 0.15) is 0 Å². The van der Waals surface area contributed by atoms with E-state index in [0.717, 1.165) is 17.3 Å². The highest BCUT2D eigenvalue weighted by Crippen LogP contribution is 2.41. The third-order valence-corrected chi connectivity index (χ3v) is 3.36. The zero-order valence-corrected chi connectivity index (χ0v) is 9.20. The molecule has 1 fully saturated rings. The molecule has 0 unspecified atom stereocenters. The molecule has 1 aromatic carbocycles. The molecule has 0 bridgehead atoms. The van der Waals surface area contributed by atoms with Crippen LogP contribution in [0, 0.1) is 5.92 Å². The summed E-state index contributed by atoms with van der Waals surface area (Å²) < 4.78 is 1.07. The molecule has 0 radical (unpaired) electrons. The molecule has 2 nitrogen and oxygen atoms in total. The predicted octanol–water partition coefficient (Wildman–Crippen LogP) is 3.03. The quantitative estimate of drug-likeness (QED) is 0.881. The Bertz CT molecular complexity index is 339. The fraction of sp³-hybridized carbons (Fsp3) is 0.364. The van der Waals surface area contributed by atoms with Crippen LogP contribution in [0.25, 0.3) is 0 Å². The minimum absolute atomic E-state index is 0.122. The van der Waals surface area contributed by atoms with Crippen LogP contribution in [-0.2, 0) is 4.79 Å². The lowest BCUT2D eigenvalue weighted by molar-refractivity contribution is -0.145. The van der Waals surface area contributed by atoms with Gasteiger partial charge in [-0.25, -0.2) is 0 Å². The molecule has 3 heteroatoms. The highest BCUT2D eigenvalue weighted by atomic mass is 79.9. The second kappa shape index (κ2) is 3.73. The van der Waals surface area contributed by atoms with Crippen LogP contribution < -0.4 is 0 Å². The number of aliphatic carboxylic acids is 1. The Kier molecular flexibility index (Phi) is 2.59. The summed E-state index contributed by atoms with van der Waals surface area (Å²) in [5, 5.41) is 8.73. The second-order valence-corrected chi connectivity index (χ2v) is 4.67. The van der Waals surface area contributed by atoms with Crippen LogP contribution in [0.3, 0.4) is 0 Å². The van der Waals surface area contributed by atoms with Gasteiger partial charge >= 0.3 is 5.97 Å². The van der Waals surface area contributed by atoms with Gasteiger partial charge in [-0.15, -0.1) is 0 Å². The Morgan fingerprint density at radius 3 is 2.36 bits per heavy atom.